The van der Waals surface area contributed by atoms with Crippen molar-refractivity contribution in [3.8, 4) is 0 Å². The molecule has 1 aromatic heterocycles. The fourth-order valence-corrected chi connectivity index (χ4v) is 0.962. The van der Waals surface area contributed by atoms with Crippen molar-refractivity contribution < 1.29 is 9.90 Å². The van der Waals surface area contributed by atoms with Gasteiger partial charge in [-0.25, -0.2) is 14.8 Å². The van der Waals surface area contributed by atoms with Crippen LogP contribution in [0, 0.1) is 0 Å². The van der Waals surface area contributed by atoms with Crippen LogP contribution < -0.4 is 5.32 Å². The van der Waals surface area contributed by atoms with Crippen molar-refractivity contribution in [2.75, 3.05) is 11.1 Å². The molecule has 1 rings (SSSR count). The van der Waals surface area contributed by atoms with Gasteiger partial charge in [0.15, 0.2) is 0 Å². The van der Waals surface area contributed by atoms with Crippen LogP contribution in [0.25, 0.3) is 0 Å². The van der Waals surface area contributed by atoms with Crippen molar-refractivity contribution >= 4 is 24.5 Å². The Bertz CT molecular complexity index is 280. The lowest BCUT2D eigenvalue weighted by Gasteiger charge is -2.10. The van der Waals surface area contributed by atoms with Gasteiger partial charge in [-0.05, 0) is 6.07 Å². The van der Waals surface area contributed by atoms with Gasteiger partial charge < -0.3 is 10.4 Å². The minimum Gasteiger partial charge on any atom is -0.480 e. The van der Waals surface area contributed by atoms with E-state index < -0.39 is 12.0 Å². The van der Waals surface area contributed by atoms with E-state index in [9.17, 15) is 4.79 Å². The Balaban J connectivity index is 2.62. The lowest BCUT2D eigenvalue weighted by Crippen LogP contribution is -2.31. The van der Waals surface area contributed by atoms with Crippen molar-refractivity contribution in [3.63, 3.8) is 0 Å². The Labute approximate surface area is 80.6 Å². The molecular formula is C7H9N3O2S. The molecular weight excluding hydrogens is 190 g/mol. The second-order valence-corrected chi connectivity index (χ2v) is 2.66. The van der Waals surface area contributed by atoms with Crippen LogP contribution >= 0.6 is 12.6 Å². The maximum absolute atomic E-state index is 10.6. The van der Waals surface area contributed by atoms with Crippen LogP contribution in [0.1, 0.15) is 0 Å². The molecule has 0 aliphatic rings. The van der Waals surface area contributed by atoms with Gasteiger partial charge in [-0.2, -0.15) is 12.6 Å². The summed E-state index contributed by atoms with van der Waals surface area (Å²) in [5, 5.41) is 11.3. The molecule has 0 fully saturated rings. The summed E-state index contributed by atoms with van der Waals surface area (Å²) < 4.78 is 0. The lowest BCUT2D eigenvalue weighted by molar-refractivity contribution is -0.137. The third-order valence-electron chi connectivity index (χ3n) is 1.35. The quantitative estimate of drug-likeness (QED) is 0.607. The number of rotatable bonds is 4. The van der Waals surface area contributed by atoms with Gasteiger partial charge in [-0.15, -0.1) is 0 Å². The summed E-state index contributed by atoms with van der Waals surface area (Å²) in [6.07, 6.45) is 3.07. The molecule has 2 N–H and O–H groups in total. The lowest BCUT2D eigenvalue weighted by atomic mass is 10.3. The van der Waals surface area contributed by atoms with Crippen molar-refractivity contribution in [2.24, 2.45) is 0 Å². The monoisotopic (exact) mass is 199 g/mol. The van der Waals surface area contributed by atoms with E-state index in [-0.39, 0.29) is 5.75 Å². The normalized spacial score (nSPS) is 12.1. The highest BCUT2D eigenvalue weighted by molar-refractivity contribution is 7.80. The summed E-state index contributed by atoms with van der Waals surface area (Å²) in [5.41, 5.74) is 0. The summed E-state index contributed by atoms with van der Waals surface area (Å²) in [4.78, 5) is 18.2. The first-order valence-electron chi connectivity index (χ1n) is 3.61. The number of carbonyl (C=O) groups is 1. The summed E-state index contributed by atoms with van der Waals surface area (Å²) in [6, 6.07) is 0.896. The van der Waals surface area contributed by atoms with Gasteiger partial charge in [-0.3, -0.25) is 0 Å². The molecule has 0 aliphatic carbocycles. The average molecular weight is 199 g/mol. The van der Waals surface area contributed by atoms with Gasteiger partial charge >= 0.3 is 5.97 Å². The Morgan fingerprint density at radius 3 is 2.69 bits per heavy atom. The van der Waals surface area contributed by atoms with Crippen LogP contribution in [0.2, 0.25) is 0 Å². The van der Waals surface area contributed by atoms with Crippen LogP contribution in [0.15, 0.2) is 18.5 Å². The number of aliphatic carboxylic acids is 1. The zero-order valence-corrected chi connectivity index (χ0v) is 7.61. The molecule has 1 heterocycles. The fourth-order valence-electron chi connectivity index (χ4n) is 0.715. The molecule has 0 saturated carbocycles. The Kier molecular flexibility index (Phi) is 3.51. The molecule has 0 saturated heterocycles. The first-order valence-corrected chi connectivity index (χ1v) is 4.24. The van der Waals surface area contributed by atoms with E-state index in [1.54, 1.807) is 6.07 Å². The first kappa shape index (κ1) is 9.79. The highest BCUT2D eigenvalue weighted by Gasteiger charge is 2.15. The molecule has 6 heteroatoms. The second kappa shape index (κ2) is 4.66. The molecule has 0 amide bonds. The number of anilines is 1. The topological polar surface area (TPSA) is 75.1 Å². The molecule has 13 heavy (non-hydrogen) atoms. The SMILES string of the molecule is O=C(O)C(CS)Nc1ncccn1. The van der Waals surface area contributed by atoms with E-state index in [2.05, 4.69) is 27.9 Å². The average Bonchev–Trinajstić information content (AvgIpc) is 2.15. The highest BCUT2D eigenvalue weighted by Crippen LogP contribution is 1.99. The molecule has 5 nitrogen and oxygen atoms in total. The smallest absolute Gasteiger partial charge is 0.327 e. The van der Waals surface area contributed by atoms with Gasteiger partial charge in [0.05, 0.1) is 0 Å². The van der Waals surface area contributed by atoms with Crippen LogP contribution in [-0.4, -0.2) is 32.8 Å². The van der Waals surface area contributed by atoms with E-state index in [1.807, 2.05) is 0 Å². The zero-order valence-electron chi connectivity index (χ0n) is 6.71. The third-order valence-corrected chi connectivity index (χ3v) is 1.71. The maximum Gasteiger partial charge on any atom is 0.327 e. The van der Waals surface area contributed by atoms with E-state index >= 15 is 0 Å². The number of nitrogens with one attached hydrogen (secondary N) is 1. The van der Waals surface area contributed by atoms with Crippen LogP contribution in [0.5, 0.6) is 0 Å². The van der Waals surface area contributed by atoms with E-state index in [0.717, 1.165) is 0 Å². The maximum atomic E-state index is 10.6. The van der Waals surface area contributed by atoms with Gasteiger partial charge in [-0.1, -0.05) is 0 Å². The Morgan fingerprint density at radius 2 is 2.23 bits per heavy atom. The molecule has 0 aromatic carbocycles. The number of hydrogen-bond donors (Lipinski definition) is 3. The second-order valence-electron chi connectivity index (χ2n) is 2.29. The number of nitrogens with zero attached hydrogens (tertiary/aromatic N) is 2. The predicted octanol–water partition coefficient (Wildman–Crippen LogP) is 0.271. The number of carboxylic acid groups (broad SMARTS) is 1. The van der Waals surface area contributed by atoms with E-state index in [1.165, 1.54) is 12.4 Å². The Hall–Kier alpha value is -1.30. The van der Waals surface area contributed by atoms with Gasteiger partial charge in [0.2, 0.25) is 5.95 Å². The number of thiol groups is 1. The molecule has 1 atom stereocenters. The minimum atomic E-state index is -0.970. The summed E-state index contributed by atoms with van der Waals surface area (Å²) in [6.45, 7) is 0. The number of carboxylic acids is 1. The van der Waals surface area contributed by atoms with Crippen molar-refractivity contribution in [1.82, 2.24) is 9.97 Å². The van der Waals surface area contributed by atoms with Gasteiger partial charge in [0.25, 0.3) is 0 Å². The third kappa shape index (κ3) is 2.90. The largest absolute Gasteiger partial charge is 0.480 e. The Morgan fingerprint density at radius 1 is 1.62 bits per heavy atom. The molecule has 0 spiro atoms. The van der Waals surface area contributed by atoms with Crippen LogP contribution in [0.3, 0.4) is 0 Å². The molecule has 70 valence electrons. The van der Waals surface area contributed by atoms with Crippen molar-refractivity contribution in [3.05, 3.63) is 18.5 Å². The summed E-state index contributed by atoms with van der Waals surface area (Å²) in [7, 11) is 0. The number of hydrogen-bond acceptors (Lipinski definition) is 5. The fraction of sp³-hybridized carbons (Fsp3) is 0.286. The van der Waals surface area contributed by atoms with Gasteiger partial charge in [0, 0.05) is 18.1 Å². The molecule has 1 aromatic rings. The van der Waals surface area contributed by atoms with Crippen LogP contribution in [-0.2, 0) is 4.79 Å². The molecule has 0 bridgehead atoms. The first-order chi connectivity index (χ1) is 6.24. The minimum absolute atomic E-state index is 0.188. The summed E-state index contributed by atoms with van der Waals surface area (Å²) in [5.74, 6) is -0.487. The van der Waals surface area contributed by atoms with E-state index in [0.29, 0.717) is 5.95 Å². The summed E-state index contributed by atoms with van der Waals surface area (Å²) >= 11 is 3.89. The van der Waals surface area contributed by atoms with Crippen molar-refractivity contribution in [1.29, 1.82) is 0 Å². The van der Waals surface area contributed by atoms with Gasteiger partial charge in [0.1, 0.15) is 6.04 Å². The standard InChI is InChI=1S/C7H9N3O2S/c11-6(12)5(4-13)10-7-8-2-1-3-9-7/h1-3,5,13H,4H2,(H,11,12)(H,8,9,10). The van der Waals surface area contributed by atoms with Crippen molar-refractivity contribution in [2.45, 2.75) is 6.04 Å². The van der Waals surface area contributed by atoms with Crippen LogP contribution in [0.4, 0.5) is 5.95 Å². The van der Waals surface area contributed by atoms with E-state index in [4.69, 9.17) is 5.11 Å². The molecule has 0 radical (unpaired) electrons. The molecule has 0 aliphatic heterocycles. The predicted molar refractivity (Wildman–Crippen MR) is 50.9 cm³/mol. The zero-order chi connectivity index (χ0) is 9.68. The molecule has 1 unspecified atom stereocenters. The number of aromatic nitrogens is 2. The highest BCUT2D eigenvalue weighted by atomic mass is 32.1.